The third kappa shape index (κ3) is 6.93. The van der Waals surface area contributed by atoms with Gasteiger partial charge in [0.2, 0.25) is 5.95 Å². The van der Waals surface area contributed by atoms with Crippen LogP contribution in [0.5, 0.6) is 0 Å². The number of aliphatic hydroxyl groups excluding tert-OH is 1. The Labute approximate surface area is 168 Å². The van der Waals surface area contributed by atoms with Crippen molar-refractivity contribution in [3.8, 4) is 0 Å². The van der Waals surface area contributed by atoms with E-state index in [0.717, 1.165) is 70.7 Å². The average Bonchev–Trinajstić information content (AvgIpc) is 2.68. The first kappa shape index (κ1) is 21.4. The van der Waals surface area contributed by atoms with E-state index in [2.05, 4.69) is 19.7 Å². The molecular weight excluding hydrogens is 358 g/mol. The van der Waals surface area contributed by atoms with E-state index in [1.807, 2.05) is 33.0 Å². The minimum atomic E-state index is -0.441. The molecule has 8 nitrogen and oxygen atoms in total. The average molecular weight is 394 g/mol. The van der Waals surface area contributed by atoms with Crippen LogP contribution in [0.2, 0.25) is 0 Å². The zero-order chi connectivity index (χ0) is 20.0. The molecule has 0 radical (unpaired) electrons. The van der Waals surface area contributed by atoms with E-state index in [0.29, 0.717) is 13.2 Å². The van der Waals surface area contributed by atoms with Gasteiger partial charge in [0.25, 0.3) is 0 Å². The van der Waals surface area contributed by atoms with Gasteiger partial charge in [0, 0.05) is 58.6 Å². The van der Waals surface area contributed by atoms with Gasteiger partial charge in [-0.3, -0.25) is 9.80 Å². The fourth-order valence-electron chi connectivity index (χ4n) is 3.44. The van der Waals surface area contributed by atoms with E-state index in [-0.39, 0.29) is 5.60 Å². The summed E-state index contributed by atoms with van der Waals surface area (Å²) < 4.78 is 11.1. The van der Waals surface area contributed by atoms with Crippen LogP contribution in [0.1, 0.15) is 26.5 Å². The van der Waals surface area contributed by atoms with Gasteiger partial charge in [-0.15, -0.1) is 0 Å². The van der Waals surface area contributed by atoms with Gasteiger partial charge in [-0.2, -0.15) is 0 Å². The second-order valence-electron chi connectivity index (χ2n) is 8.60. The number of β-amino-alcohol motifs (C(OH)–C–C–N with tert-alkyl or cyclic N) is 1. The molecule has 8 heteroatoms. The summed E-state index contributed by atoms with van der Waals surface area (Å²) in [6, 6.07) is 2.00. The molecule has 0 unspecified atom stereocenters. The van der Waals surface area contributed by atoms with Crippen molar-refractivity contribution in [2.45, 2.75) is 39.0 Å². The summed E-state index contributed by atoms with van der Waals surface area (Å²) in [7, 11) is 0. The smallest absolute Gasteiger partial charge is 0.225 e. The highest BCUT2D eigenvalue weighted by Gasteiger charge is 2.21. The number of aliphatic hydroxyl groups is 1. The lowest BCUT2D eigenvalue weighted by Crippen LogP contribution is -2.49. The first-order chi connectivity index (χ1) is 13.4. The minimum Gasteiger partial charge on any atom is -0.389 e. The molecule has 0 amide bonds. The largest absolute Gasteiger partial charge is 0.389 e. The number of morpholine rings is 1. The van der Waals surface area contributed by atoms with Gasteiger partial charge in [0.1, 0.15) is 0 Å². The SMILES string of the molecule is CC(C)(C)OC[C@H](O)CN1CCN(Cc2ccnc(N3CCOCC3)n2)CC1. The van der Waals surface area contributed by atoms with Crippen molar-refractivity contribution in [2.24, 2.45) is 0 Å². The van der Waals surface area contributed by atoms with Crippen LogP contribution in [0.25, 0.3) is 0 Å². The first-order valence-electron chi connectivity index (χ1n) is 10.3. The fraction of sp³-hybridized carbons (Fsp3) is 0.800. The molecule has 1 aromatic heterocycles. The number of aromatic nitrogens is 2. The van der Waals surface area contributed by atoms with E-state index in [1.54, 1.807) is 0 Å². The molecule has 1 N–H and O–H groups in total. The lowest BCUT2D eigenvalue weighted by molar-refractivity contribution is -0.0587. The van der Waals surface area contributed by atoms with Crippen LogP contribution in [-0.2, 0) is 16.0 Å². The maximum atomic E-state index is 10.2. The lowest BCUT2D eigenvalue weighted by atomic mass is 10.2. The Balaban J connectivity index is 1.42. The van der Waals surface area contributed by atoms with Crippen molar-refractivity contribution in [2.75, 3.05) is 70.5 Å². The van der Waals surface area contributed by atoms with Gasteiger partial charge in [-0.25, -0.2) is 9.97 Å². The normalized spacial score (nSPS) is 21.1. The molecule has 0 bridgehead atoms. The molecule has 158 valence electrons. The quantitative estimate of drug-likeness (QED) is 0.722. The van der Waals surface area contributed by atoms with Crippen LogP contribution >= 0.6 is 0 Å². The van der Waals surface area contributed by atoms with Crippen LogP contribution in [-0.4, -0.2) is 102 Å². The van der Waals surface area contributed by atoms with Gasteiger partial charge < -0.3 is 19.5 Å². The molecule has 0 aromatic carbocycles. The molecule has 0 aliphatic carbocycles. The van der Waals surface area contributed by atoms with Gasteiger partial charge in [0.15, 0.2) is 0 Å². The summed E-state index contributed by atoms with van der Waals surface area (Å²) in [4.78, 5) is 16.1. The van der Waals surface area contributed by atoms with E-state index in [1.165, 1.54) is 0 Å². The zero-order valence-corrected chi connectivity index (χ0v) is 17.5. The van der Waals surface area contributed by atoms with Gasteiger partial charge in [-0.05, 0) is 26.8 Å². The molecule has 1 atom stereocenters. The van der Waals surface area contributed by atoms with Crippen LogP contribution in [0.15, 0.2) is 12.3 Å². The van der Waals surface area contributed by atoms with Gasteiger partial charge >= 0.3 is 0 Å². The van der Waals surface area contributed by atoms with Crippen LogP contribution < -0.4 is 4.90 Å². The Bertz CT molecular complexity index is 596. The highest BCUT2D eigenvalue weighted by molar-refractivity contribution is 5.30. The molecule has 1 aromatic rings. The number of rotatable bonds is 7. The maximum absolute atomic E-state index is 10.2. The number of piperazine rings is 1. The summed E-state index contributed by atoms with van der Waals surface area (Å²) in [5.74, 6) is 0.807. The summed E-state index contributed by atoms with van der Waals surface area (Å²) in [5.41, 5.74) is 0.848. The lowest BCUT2D eigenvalue weighted by Gasteiger charge is -2.35. The third-order valence-electron chi connectivity index (χ3n) is 5.02. The maximum Gasteiger partial charge on any atom is 0.225 e. The standard InChI is InChI=1S/C20H35N5O3/c1-20(2,3)28-16-18(26)15-24-8-6-23(7-9-24)14-17-4-5-21-19(22-17)25-10-12-27-13-11-25/h4-5,18,26H,6-16H2,1-3H3/t18-/m1/s1. The third-order valence-corrected chi connectivity index (χ3v) is 5.02. The monoisotopic (exact) mass is 393 g/mol. The summed E-state index contributed by atoms with van der Waals surface area (Å²) in [6.07, 6.45) is 1.42. The topological polar surface area (TPSA) is 74.2 Å². The molecular formula is C20H35N5O3. The highest BCUT2D eigenvalue weighted by Crippen LogP contribution is 2.13. The fourth-order valence-corrected chi connectivity index (χ4v) is 3.44. The molecule has 0 saturated carbocycles. The summed E-state index contributed by atoms with van der Waals surface area (Å²) in [5, 5.41) is 10.2. The second-order valence-corrected chi connectivity index (χ2v) is 8.60. The van der Waals surface area contributed by atoms with Crippen molar-refractivity contribution in [1.82, 2.24) is 19.8 Å². The summed E-state index contributed by atoms with van der Waals surface area (Å²) in [6.45, 7) is 15.0. The summed E-state index contributed by atoms with van der Waals surface area (Å²) >= 11 is 0. The number of hydrogen-bond acceptors (Lipinski definition) is 8. The van der Waals surface area contributed by atoms with Crippen molar-refractivity contribution in [1.29, 1.82) is 0 Å². The van der Waals surface area contributed by atoms with Crippen molar-refractivity contribution >= 4 is 5.95 Å². The predicted octanol–water partition coefficient (Wildman–Crippen LogP) is 0.607. The van der Waals surface area contributed by atoms with E-state index in [4.69, 9.17) is 14.5 Å². The molecule has 2 fully saturated rings. The number of anilines is 1. The van der Waals surface area contributed by atoms with E-state index < -0.39 is 6.10 Å². The first-order valence-corrected chi connectivity index (χ1v) is 10.3. The van der Waals surface area contributed by atoms with E-state index in [9.17, 15) is 5.11 Å². The Kier molecular flexibility index (Phi) is 7.59. The van der Waals surface area contributed by atoms with Crippen LogP contribution in [0.3, 0.4) is 0 Å². The predicted molar refractivity (Wildman–Crippen MR) is 108 cm³/mol. The molecule has 0 spiro atoms. The Morgan fingerprint density at radius 3 is 2.46 bits per heavy atom. The van der Waals surface area contributed by atoms with Gasteiger partial charge in [-0.1, -0.05) is 0 Å². The Morgan fingerprint density at radius 1 is 1.11 bits per heavy atom. The molecule has 3 heterocycles. The van der Waals surface area contributed by atoms with E-state index >= 15 is 0 Å². The second kappa shape index (κ2) is 9.93. The van der Waals surface area contributed by atoms with Crippen molar-refractivity contribution in [3.05, 3.63) is 18.0 Å². The minimum absolute atomic E-state index is 0.211. The van der Waals surface area contributed by atoms with Gasteiger partial charge in [0.05, 0.1) is 37.2 Å². The number of ether oxygens (including phenoxy) is 2. The van der Waals surface area contributed by atoms with Crippen molar-refractivity contribution < 1.29 is 14.6 Å². The van der Waals surface area contributed by atoms with Crippen molar-refractivity contribution in [3.63, 3.8) is 0 Å². The molecule has 2 aliphatic rings. The Hall–Kier alpha value is -1.32. The zero-order valence-electron chi connectivity index (χ0n) is 17.5. The Morgan fingerprint density at radius 2 is 1.79 bits per heavy atom. The molecule has 3 rings (SSSR count). The highest BCUT2D eigenvalue weighted by atomic mass is 16.5. The molecule has 28 heavy (non-hydrogen) atoms. The van der Waals surface area contributed by atoms with Crippen LogP contribution in [0, 0.1) is 0 Å². The number of hydrogen-bond donors (Lipinski definition) is 1. The number of nitrogens with zero attached hydrogens (tertiary/aromatic N) is 5. The molecule has 2 saturated heterocycles. The van der Waals surface area contributed by atoms with Crippen LogP contribution in [0.4, 0.5) is 5.95 Å². The molecule has 2 aliphatic heterocycles.